The zero-order valence-corrected chi connectivity index (χ0v) is 10.2. The van der Waals surface area contributed by atoms with Gasteiger partial charge < -0.3 is 10.5 Å². The van der Waals surface area contributed by atoms with Gasteiger partial charge in [-0.2, -0.15) is 0 Å². The molecular weight excluding hydrogens is 214 g/mol. The van der Waals surface area contributed by atoms with Gasteiger partial charge in [-0.3, -0.25) is 4.79 Å². The summed E-state index contributed by atoms with van der Waals surface area (Å²) in [4.78, 5) is 12.1. The van der Waals surface area contributed by atoms with Crippen molar-refractivity contribution in [1.82, 2.24) is 0 Å². The van der Waals surface area contributed by atoms with Crippen LogP contribution in [0.2, 0.25) is 0 Å². The van der Waals surface area contributed by atoms with E-state index in [4.69, 9.17) is 10.5 Å². The molecule has 1 unspecified atom stereocenters. The second-order valence-electron chi connectivity index (χ2n) is 4.62. The van der Waals surface area contributed by atoms with Crippen molar-refractivity contribution < 1.29 is 9.53 Å². The number of hydrogen-bond donors (Lipinski definition) is 1. The lowest BCUT2D eigenvalue weighted by Crippen LogP contribution is -2.16. The van der Waals surface area contributed by atoms with Gasteiger partial charge in [-0.1, -0.05) is 6.92 Å². The average Bonchev–Trinajstić information content (AvgIpc) is 2.37. The minimum absolute atomic E-state index is 0.00237. The summed E-state index contributed by atoms with van der Waals surface area (Å²) in [6.07, 6.45) is 2.77. The fraction of sp³-hybridized carbons (Fsp3) is 0.500. The molecule has 92 valence electrons. The van der Waals surface area contributed by atoms with E-state index in [9.17, 15) is 4.79 Å². The van der Waals surface area contributed by atoms with Gasteiger partial charge >= 0.3 is 0 Å². The standard InChI is InChI=1S/C14H19NO2/c1-10(6-7-15)14(16)12-4-5-13-11(9-12)3-2-8-17-13/h4-5,9-10H,2-3,6-8,15H2,1H3. The van der Waals surface area contributed by atoms with E-state index in [2.05, 4.69) is 0 Å². The van der Waals surface area contributed by atoms with Crippen LogP contribution in [0.15, 0.2) is 18.2 Å². The van der Waals surface area contributed by atoms with Crippen LogP contribution in [0.3, 0.4) is 0 Å². The summed E-state index contributed by atoms with van der Waals surface area (Å²) in [5, 5.41) is 0. The molecule has 1 aromatic rings. The highest BCUT2D eigenvalue weighted by atomic mass is 16.5. The number of ketones is 1. The Morgan fingerprint density at radius 3 is 3.12 bits per heavy atom. The van der Waals surface area contributed by atoms with Crippen LogP contribution in [-0.4, -0.2) is 18.9 Å². The molecule has 0 saturated carbocycles. The molecule has 0 aromatic heterocycles. The van der Waals surface area contributed by atoms with E-state index >= 15 is 0 Å². The SMILES string of the molecule is CC(CCN)C(=O)c1ccc2c(c1)CCCO2. The topological polar surface area (TPSA) is 52.3 Å². The van der Waals surface area contributed by atoms with E-state index < -0.39 is 0 Å². The van der Waals surface area contributed by atoms with E-state index in [1.165, 1.54) is 0 Å². The maximum Gasteiger partial charge on any atom is 0.165 e. The van der Waals surface area contributed by atoms with Crippen LogP contribution in [0, 0.1) is 5.92 Å². The Labute approximate surface area is 102 Å². The first-order valence-electron chi connectivity index (χ1n) is 6.22. The molecule has 0 saturated heterocycles. The van der Waals surface area contributed by atoms with Crippen LogP contribution >= 0.6 is 0 Å². The molecule has 0 spiro atoms. The monoisotopic (exact) mass is 233 g/mol. The number of fused-ring (bicyclic) bond motifs is 1. The zero-order valence-electron chi connectivity index (χ0n) is 10.2. The minimum atomic E-state index is 0.00237. The number of ether oxygens (including phenoxy) is 1. The van der Waals surface area contributed by atoms with Crippen LogP contribution in [0.25, 0.3) is 0 Å². The van der Waals surface area contributed by atoms with Crippen molar-refractivity contribution in [1.29, 1.82) is 0 Å². The molecule has 0 amide bonds. The second-order valence-corrected chi connectivity index (χ2v) is 4.62. The normalized spacial score (nSPS) is 15.9. The fourth-order valence-electron chi connectivity index (χ4n) is 2.18. The molecule has 3 nitrogen and oxygen atoms in total. The van der Waals surface area contributed by atoms with Crippen LogP contribution in [0.5, 0.6) is 5.75 Å². The van der Waals surface area contributed by atoms with Crippen molar-refractivity contribution in [3.05, 3.63) is 29.3 Å². The van der Waals surface area contributed by atoms with Crippen molar-refractivity contribution in [3.8, 4) is 5.75 Å². The van der Waals surface area contributed by atoms with E-state index in [-0.39, 0.29) is 11.7 Å². The number of nitrogens with two attached hydrogens (primary N) is 1. The summed E-state index contributed by atoms with van der Waals surface area (Å²) in [7, 11) is 0. The maximum absolute atomic E-state index is 12.1. The second kappa shape index (κ2) is 5.32. The van der Waals surface area contributed by atoms with Gasteiger partial charge in [-0.15, -0.1) is 0 Å². The predicted molar refractivity (Wildman–Crippen MR) is 67.4 cm³/mol. The molecule has 1 atom stereocenters. The Hall–Kier alpha value is -1.35. The molecule has 1 heterocycles. The Morgan fingerprint density at radius 2 is 2.35 bits per heavy atom. The fourth-order valence-corrected chi connectivity index (χ4v) is 2.18. The van der Waals surface area contributed by atoms with Gasteiger partial charge in [0.25, 0.3) is 0 Å². The highest BCUT2D eigenvalue weighted by Crippen LogP contribution is 2.26. The van der Waals surface area contributed by atoms with Crippen molar-refractivity contribution in [2.75, 3.05) is 13.2 Å². The Bertz CT molecular complexity index is 415. The molecule has 2 N–H and O–H groups in total. The van der Waals surface area contributed by atoms with E-state index in [0.717, 1.165) is 42.7 Å². The highest BCUT2D eigenvalue weighted by Gasteiger charge is 2.17. The number of carbonyl (C=O) groups excluding carboxylic acids is 1. The van der Waals surface area contributed by atoms with Crippen molar-refractivity contribution in [2.24, 2.45) is 11.7 Å². The largest absolute Gasteiger partial charge is 0.493 e. The molecule has 1 aromatic carbocycles. The van der Waals surface area contributed by atoms with Gasteiger partial charge in [0.05, 0.1) is 6.61 Å². The lowest BCUT2D eigenvalue weighted by Gasteiger charge is -2.18. The van der Waals surface area contributed by atoms with Crippen molar-refractivity contribution >= 4 is 5.78 Å². The maximum atomic E-state index is 12.1. The molecule has 0 radical (unpaired) electrons. The van der Waals surface area contributed by atoms with E-state index in [1.54, 1.807) is 0 Å². The molecule has 0 aliphatic carbocycles. The summed E-state index contributed by atoms with van der Waals surface area (Å²) in [6, 6.07) is 5.75. The number of rotatable bonds is 4. The number of Topliss-reactive ketones (excluding diaryl/α,β-unsaturated/α-hetero) is 1. The van der Waals surface area contributed by atoms with Crippen LogP contribution in [0.1, 0.15) is 35.7 Å². The van der Waals surface area contributed by atoms with Gasteiger partial charge in [-0.25, -0.2) is 0 Å². The number of benzene rings is 1. The van der Waals surface area contributed by atoms with Gasteiger partial charge in [0, 0.05) is 11.5 Å². The summed E-state index contributed by atoms with van der Waals surface area (Å²) >= 11 is 0. The first-order valence-corrected chi connectivity index (χ1v) is 6.22. The molecule has 3 heteroatoms. The summed E-state index contributed by atoms with van der Waals surface area (Å²) in [6.45, 7) is 3.27. The molecule has 2 rings (SSSR count). The summed E-state index contributed by atoms with van der Waals surface area (Å²) in [5.74, 6) is 1.12. The smallest absolute Gasteiger partial charge is 0.165 e. The van der Waals surface area contributed by atoms with Crippen LogP contribution < -0.4 is 10.5 Å². The van der Waals surface area contributed by atoms with Gasteiger partial charge in [0.2, 0.25) is 0 Å². The third-order valence-electron chi connectivity index (χ3n) is 3.24. The molecule has 1 aliphatic rings. The lowest BCUT2D eigenvalue weighted by atomic mass is 9.94. The number of carbonyl (C=O) groups is 1. The van der Waals surface area contributed by atoms with Crippen LogP contribution in [-0.2, 0) is 6.42 Å². The van der Waals surface area contributed by atoms with E-state index in [1.807, 2.05) is 25.1 Å². The zero-order chi connectivity index (χ0) is 12.3. The third-order valence-corrected chi connectivity index (χ3v) is 3.24. The Morgan fingerprint density at radius 1 is 1.53 bits per heavy atom. The molecule has 17 heavy (non-hydrogen) atoms. The van der Waals surface area contributed by atoms with Gasteiger partial charge in [-0.05, 0) is 49.6 Å². The first kappa shape index (κ1) is 12.1. The van der Waals surface area contributed by atoms with Crippen molar-refractivity contribution in [2.45, 2.75) is 26.2 Å². The molecular formula is C14H19NO2. The predicted octanol–water partition coefficient (Wildman–Crippen LogP) is 2.18. The molecule has 0 bridgehead atoms. The van der Waals surface area contributed by atoms with E-state index in [0.29, 0.717) is 6.54 Å². The molecule has 1 aliphatic heterocycles. The Balaban J connectivity index is 2.19. The number of hydrogen-bond acceptors (Lipinski definition) is 3. The van der Waals surface area contributed by atoms with Gasteiger partial charge in [0.1, 0.15) is 5.75 Å². The highest BCUT2D eigenvalue weighted by molar-refractivity contribution is 5.98. The molecule has 0 fully saturated rings. The van der Waals surface area contributed by atoms with Gasteiger partial charge in [0.15, 0.2) is 5.78 Å². The third kappa shape index (κ3) is 2.67. The lowest BCUT2D eigenvalue weighted by molar-refractivity contribution is 0.0925. The summed E-state index contributed by atoms with van der Waals surface area (Å²) in [5.41, 5.74) is 7.43. The van der Waals surface area contributed by atoms with Crippen LogP contribution in [0.4, 0.5) is 0 Å². The first-order chi connectivity index (χ1) is 8.22. The summed E-state index contributed by atoms with van der Waals surface area (Å²) < 4.78 is 5.53. The average molecular weight is 233 g/mol. The number of aryl methyl sites for hydroxylation is 1. The Kier molecular flexibility index (Phi) is 3.79. The minimum Gasteiger partial charge on any atom is -0.493 e. The quantitative estimate of drug-likeness (QED) is 0.811. The van der Waals surface area contributed by atoms with Crippen molar-refractivity contribution in [3.63, 3.8) is 0 Å².